The van der Waals surface area contributed by atoms with Crippen LogP contribution in [-0.2, 0) is 4.79 Å². The molecule has 0 fully saturated rings. The minimum Gasteiger partial charge on any atom is -0.328 e. The molecule has 0 unspecified atom stereocenters. The Hall–Kier alpha value is -1.11. The van der Waals surface area contributed by atoms with Crippen LogP contribution in [0.1, 0.15) is 32.5 Å². The Morgan fingerprint density at radius 3 is 2.20 bits per heavy atom. The van der Waals surface area contributed by atoms with Crippen molar-refractivity contribution in [1.29, 1.82) is 0 Å². The van der Waals surface area contributed by atoms with Gasteiger partial charge in [0.2, 0.25) is 5.91 Å². The summed E-state index contributed by atoms with van der Waals surface area (Å²) in [4.78, 5) is 16.6. The molecule has 7 heteroatoms. The van der Waals surface area contributed by atoms with E-state index in [-0.39, 0.29) is 5.69 Å². The zero-order chi connectivity index (χ0) is 15.7. The van der Waals surface area contributed by atoms with E-state index < -0.39 is 23.5 Å². The molecule has 0 saturated carbocycles. The fourth-order valence-electron chi connectivity index (χ4n) is 1.78. The summed E-state index contributed by atoms with van der Waals surface area (Å²) in [6, 6.07) is 0.674. The minimum atomic E-state index is -4.59. The van der Waals surface area contributed by atoms with Gasteiger partial charge in [0.05, 0.1) is 5.69 Å². The van der Waals surface area contributed by atoms with Crippen LogP contribution in [0.15, 0.2) is 22.8 Å². The predicted molar refractivity (Wildman–Crippen MR) is 73.0 cm³/mol. The molecule has 0 radical (unpaired) electrons. The van der Waals surface area contributed by atoms with Crippen molar-refractivity contribution in [3.63, 3.8) is 0 Å². The van der Waals surface area contributed by atoms with E-state index in [2.05, 4.69) is 20.9 Å². The molecule has 1 rings (SSSR count). The minimum absolute atomic E-state index is 0.208. The van der Waals surface area contributed by atoms with E-state index in [4.69, 9.17) is 0 Å². The van der Waals surface area contributed by atoms with Gasteiger partial charge in [-0.25, -0.2) is 0 Å². The Bertz CT molecular complexity index is 480. The van der Waals surface area contributed by atoms with Crippen LogP contribution in [-0.4, -0.2) is 29.0 Å². The van der Waals surface area contributed by atoms with Gasteiger partial charge >= 0.3 is 6.18 Å². The van der Waals surface area contributed by atoms with Crippen molar-refractivity contribution >= 4 is 21.8 Å². The number of alkyl halides is 3. The van der Waals surface area contributed by atoms with Crippen molar-refractivity contribution in [2.75, 3.05) is 7.05 Å². The predicted octanol–water partition coefficient (Wildman–Crippen LogP) is 3.95. The van der Waals surface area contributed by atoms with Gasteiger partial charge in [0.25, 0.3) is 0 Å². The maximum atomic E-state index is 13.3. The molecule has 3 nitrogen and oxygen atoms in total. The van der Waals surface area contributed by atoms with Crippen LogP contribution in [0, 0.1) is 5.41 Å². The first kappa shape index (κ1) is 16.9. The van der Waals surface area contributed by atoms with Gasteiger partial charge in [-0.1, -0.05) is 20.8 Å². The van der Waals surface area contributed by atoms with Gasteiger partial charge in [-0.2, -0.15) is 13.2 Å². The second-order valence-corrected chi connectivity index (χ2v) is 6.43. The van der Waals surface area contributed by atoms with Crippen LogP contribution in [0.5, 0.6) is 0 Å². The quantitative estimate of drug-likeness (QED) is 0.807. The molecule has 0 aliphatic carbocycles. The molecular formula is C13H16BrF3N2O. The summed E-state index contributed by atoms with van der Waals surface area (Å²) in [6.07, 6.45) is -3.31. The zero-order valence-corrected chi connectivity index (χ0v) is 13.2. The highest BCUT2D eigenvalue weighted by Crippen LogP contribution is 2.38. The molecule has 0 N–H and O–H groups in total. The summed E-state index contributed by atoms with van der Waals surface area (Å²) in [5.41, 5.74) is -1.10. The molecule has 0 saturated heterocycles. The highest BCUT2D eigenvalue weighted by molar-refractivity contribution is 9.10. The Morgan fingerprint density at radius 2 is 1.85 bits per heavy atom. The molecule has 1 atom stereocenters. The number of aromatic nitrogens is 1. The van der Waals surface area contributed by atoms with E-state index in [1.807, 2.05) is 0 Å². The van der Waals surface area contributed by atoms with Crippen molar-refractivity contribution < 1.29 is 18.0 Å². The Kier molecular flexibility index (Phi) is 4.84. The number of rotatable bonds is 2. The van der Waals surface area contributed by atoms with Crippen LogP contribution in [0.25, 0.3) is 0 Å². The molecule has 1 aromatic rings. The third-order valence-electron chi connectivity index (χ3n) is 2.69. The number of nitrogens with zero attached hydrogens (tertiary/aromatic N) is 2. The second-order valence-electron chi connectivity index (χ2n) is 5.51. The van der Waals surface area contributed by atoms with Crippen molar-refractivity contribution in [2.24, 2.45) is 5.41 Å². The molecule has 0 aliphatic rings. The van der Waals surface area contributed by atoms with Gasteiger partial charge in [-0.15, -0.1) is 0 Å². The molecule has 0 aliphatic heterocycles. The van der Waals surface area contributed by atoms with E-state index in [0.29, 0.717) is 9.37 Å². The standard InChI is InChI=1S/C13H16BrF3N2O/c1-12(2,3)11(20)19(4)10(13(15,16)17)9-6-5-8(14)7-18-9/h5-7,10H,1-4H3/t10-/m0/s1. The van der Waals surface area contributed by atoms with Gasteiger partial charge in [0.15, 0.2) is 6.04 Å². The third-order valence-corrected chi connectivity index (χ3v) is 3.16. The summed E-state index contributed by atoms with van der Waals surface area (Å²) < 4.78 is 40.4. The van der Waals surface area contributed by atoms with E-state index in [0.717, 1.165) is 7.05 Å². The summed E-state index contributed by atoms with van der Waals surface area (Å²) in [5.74, 6) is -0.593. The van der Waals surface area contributed by atoms with E-state index in [1.54, 1.807) is 20.8 Å². The lowest BCUT2D eigenvalue weighted by molar-refractivity contribution is -0.192. The summed E-state index contributed by atoms with van der Waals surface area (Å²) in [6.45, 7) is 4.73. The summed E-state index contributed by atoms with van der Waals surface area (Å²) in [7, 11) is 1.15. The van der Waals surface area contributed by atoms with E-state index >= 15 is 0 Å². The molecule has 1 aromatic heterocycles. The highest BCUT2D eigenvalue weighted by atomic mass is 79.9. The Labute approximate surface area is 124 Å². The number of carbonyl (C=O) groups is 1. The van der Waals surface area contributed by atoms with Crippen LogP contribution in [0.2, 0.25) is 0 Å². The molecule has 0 bridgehead atoms. The van der Waals surface area contributed by atoms with Crippen molar-refractivity contribution in [1.82, 2.24) is 9.88 Å². The first-order valence-corrected chi connectivity index (χ1v) is 6.69. The Balaban J connectivity index is 3.21. The number of hydrogen-bond acceptors (Lipinski definition) is 2. The first-order valence-electron chi connectivity index (χ1n) is 5.90. The highest BCUT2D eigenvalue weighted by Gasteiger charge is 2.47. The topological polar surface area (TPSA) is 33.2 Å². The van der Waals surface area contributed by atoms with Crippen LogP contribution in [0.3, 0.4) is 0 Å². The average Bonchev–Trinajstić information content (AvgIpc) is 2.28. The summed E-state index contributed by atoms with van der Waals surface area (Å²) >= 11 is 3.12. The average molecular weight is 353 g/mol. The van der Waals surface area contributed by atoms with Gasteiger partial charge in [0, 0.05) is 23.1 Å². The molecular weight excluding hydrogens is 337 g/mol. The smallest absolute Gasteiger partial charge is 0.328 e. The van der Waals surface area contributed by atoms with E-state index in [1.165, 1.54) is 18.3 Å². The van der Waals surface area contributed by atoms with Gasteiger partial charge < -0.3 is 4.90 Å². The molecule has 0 aromatic carbocycles. The molecule has 20 heavy (non-hydrogen) atoms. The molecule has 1 heterocycles. The van der Waals surface area contributed by atoms with Crippen LogP contribution >= 0.6 is 15.9 Å². The maximum Gasteiger partial charge on any atom is 0.414 e. The van der Waals surface area contributed by atoms with Crippen molar-refractivity contribution in [3.05, 3.63) is 28.5 Å². The van der Waals surface area contributed by atoms with Crippen LogP contribution < -0.4 is 0 Å². The fourth-order valence-corrected chi connectivity index (χ4v) is 2.02. The van der Waals surface area contributed by atoms with Crippen molar-refractivity contribution in [2.45, 2.75) is 33.0 Å². The maximum absolute atomic E-state index is 13.3. The summed E-state index contributed by atoms with van der Waals surface area (Å²) in [5, 5.41) is 0. The lowest BCUT2D eigenvalue weighted by Crippen LogP contribution is -2.44. The van der Waals surface area contributed by atoms with Gasteiger partial charge in [-0.3, -0.25) is 9.78 Å². The number of pyridine rings is 1. The van der Waals surface area contributed by atoms with Crippen LogP contribution in [0.4, 0.5) is 13.2 Å². The number of hydrogen-bond donors (Lipinski definition) is 0. The first-order chi connectivity index (χ1) is 8.94. The molecule has 0 spiro atoms. The van der Waals surface area contributed by atoms with E-state index in [9.17, 15) is 18.0 Å². The largest absolute Gasteiger partial charge is 0.414 e. The monoisotopic (exact) mass is 352 g/mol. The molecule has 112 valence electrons. The fraction of sp³-hybridized carbons (Fsp3) is 0.538. The molecule has 1 amide bonds. The zero-order valence-electron chi connectivity index (χ0n) is 11.6. The Morgan fingerprint density at radius 1 is 1.30 bits per heavy atom. The van der Waals surface area contributed by atoms with Crippen molar-refractivity contribution in [3.8, 4) is 0 Å². The number of carbonyl (C=O) groups excluding carboxylic acids is 1. The lowest BCUT2D eigenvalue weighted by Gasteiger charge is -2.33. The lowest BCUT2D eigenvalue weighted by atomic mass is 9.93. The number of amides is 1. The SMILES string of the molecule is CN(C(=O)C(C)(C)C)[C@@H](c1ccc(Br)cn1)C(F)(F)F. The van der Waals surface area contributed by atoms with Gasteiger partial charge in [-0.05, 0) is 28.1 Å². The third kappa shape index (κ3) is 3.94. The number of halogens is 4. The normalized spacial score (nSPS) is 14.0. The van der Waals surface area contributed by atoms with Gasteiger partial charge in [0.1, 0.15) is 0 Å². The second kappa shape index (κ2) is 5.71.